The highest BCUT2D eigenvalue weighted by atomic mass is 15.4. The second kappa shape index (κ2) is 3.73. The Balaban J connectivity index is 2.14. The molecule has 2 N–H and O–H groups in total. The van der Waals surface area contributed by atoms with Crippen molar-refractivity contribution in [3.05, 3.63) is 41.5 Å². The van der Waals surface area contributed by atoms with Gasteiger partial charge in [0, 0.05) is 6.54 Å². The van der Waals surface area contributed by atoms with E-state index in [4.69, 9.17) is 0 Å². The minimum atomic E-state index is 0.330. The maximum absolute atomic E-state index is 3.25. The van der Waals surface area contributed by atoms with E-state index in [1.54, 1.807) is 0 Å². The lowest BCUT2D eigenvalue weighted by Crippen LogP contribution is -2.33. The number of hydrogen-bond donors (Lipinski definition) is 2. The third kappa shape index (κ3) is 1.64. The molecule has 0 bridgehead atoms. The van der Waals surface area contributed by atoms with E-state index in [1.807, 2.05) is 0 Å². The van der Waals surface area contributed by atoms with E-state index >= 15 is 0 Å². The Bertz CT molecular complexity index is 318. The second-order valence-electron chi connectivity index (χ2n) is 3.14. The molecule has 1 unspecified atom stereocenters. The van der Waals surface area contributed by atoms with Crippen LogP contribution in [0.3, 0.4) is 0 Å². The normalized spacial score (nSPS) is 19.0. The summed E-state index contributed by atoms with van der Waals surface area (Å²) >= 11 is 0. The molecule has 1 aromatic carbocycles. The average molecular weight is 174 g/mol. The highest BCUT2D eigenvalue weighted by molar-refractivity contribution is 5.61. The largest absolute Gasteiger partial charge is 0.257 e. The van der Waals surface area contributed by atoms with Gasteiger partial charge in [-0.2, -0.15) is 0 Å². The zero-order valence-corrected chi connectivity index (χ0v) is 7.75. The van der Waals surface area contributed by atoms with E-state index in [9.17, 15) is 0 Å². The highest BCUT2D eigenvalue weighted by Crippen LogP contribution is 2.26. The van der Waals surface area contributed by atoms with Crippen molar-refractivity contribution in [2.45, 2.75) is 13.0 Å². The van der Waals surface area contributed by atoms with Crippen molar-refractivity contribution >= 4 is 6.08 Å². The highest BCUT2D eigenvalue weighted by Gasteiger charge is 2.14. The smallest absolute Gasteiger partial charge is 0.0652 e. The first kappa shape index (κ1) is 8.48. The number of nitrogens with one attached hydrogen (secondary N) is 2. The van der Waals surface area contributed by atoms with Gasteiger partial charge in [-0.25, -0.2) is 5.43 Å². The maximum atomic E-state index is 3.25. The van der Waals surface area contributed by atoms with Crippen molar-refractivity contribution in [2.75, 3.05) is 6.54 Å². The fourth-order valence-electron chi connectivity index (χ4n) is 1.59. The van der Waals surface area contributed by atoms with Gasteiger partial charge in [0.25, 0.3) is 0 Å². The van der Waals surface area contributed by atoms with E-state index < -0.39 is 0 Å². The van der Waals surface area contributed by atoms with Gasteiger partial charge in [-0.3, -0.25) is 5.43 Å². The molecule has 0 saturated heterocycles. The molecule has 0 radical (unpaired) electrons. The van der Waals surface area contributed by atoms with Gasteiger partial charge in [0.2, 0.25) is 0 Å². The summed E-state index contributed by atoms with van der Waals surface area (Å²) in [5.74, 6) is 0. The van der Waals surface area contributed by atoms with Crippen LogP contribution in [0.25, 0.3) is 6.08 Å². The van der Waals surface area contributed by atoms with Crippen LogP contribution in [-0.2, 0) is 0 Å². The van der Waals surface area contributed by atoms with Gasteiger partial charge in [-0.15, -0.1) is 0 Å². The molecular formula is C11H14N2. The third-order valence-corrected chi connectivity index (χ3v) is 2.23. The van der Waals surface area contributed by atoms with Crippen LogP contribution in [0.2, 0.25) is 0 Å². The minimum Gasteiger partial charge on any atom is -0.257 e. The maximum Gasteiger partial charge on any atom is 0.0652 e. The molecule has 13 heavy (non-hydrogen) atoms. The predicted molar refractivity (Wildman–Crippen MR) is 55.0 cm³/mol. The van der Waals surface area contributed by atoms with E-state index in [0.29, 0.717) is 6.04 Å². The molecule has 1 aliphatic carbocycles. The first-order chi connectivity index (χ1) is 6.42. The van der Waals surface area contributed by atoms with Gasteiger partial charge in [0.1, 0.15) is 0 Å². The van der Waals surface area contributed by atoms with Gasteiger partial charge in [0.05, 0.1) is 6.04 Å². The number of fused-ring (bicyclic) bond motifs is 1. The van der Waals surface area contributed by atoms with Gasteiger partial charge in [-0.05, 0) is 11.1 Å². The quantitative estimate of drug-likeness (QED) is 0.683. The molecule has 68 valence electrons. The van der Waals surface area contributed by atoms with Crippen LogP contribution in [-0.4, -0.2) is 6.54 Å². The van der Waals surface area contributed by atoms with Crippen LogP contribution in [0.5, 0.6) is 0 Å². The zero-order valence-electron chi connectivity index (χ0n) is 7.75. The first-order valence-electron chi connectivity index (χ1n) is 4.67. The molecule has 1 atom stereocenters. The number of hydrazine groups is 1. The minimum absolute atomic E-state index is 0.330. The first-order valence-corrected chi connectivity index (χ1v) is 4.67. The lowest BCUT2D eigenvalue weighted by atomic mass is 10.1. The summed E-state index contributed by atoms with van der Waals surface area (Å²) in [6, 6.07) is 8.77. The number of benzene rings is 1. The van der Waals surface area contributed by atoms with Gasteiger partial charge < -0.3 is 0 Å². The van der Waals surface area contributed by atoms with E-state index in [2.05, 4.69) is 54.2 Å². The molecule has 2 heteroatoms. The van der Waals surface area contributed by atoms with Crippen molar-refractivity contribution < 1.29 is 0 Å². The van der Waals surface area contributed by atoms with Gasteiger partial charge in [-0.1, -0.05) is 43.3 Å². The molecule has 1 aliphatic rings. The summed E-state index contributed by atoms with van der Waals surface area (Å²) in [5, 5.41) is 0. The molecule has 1 aromatic rings. The molecule has 2 rings (SSSR count). The predicted octanol–water partition coefficient (Wildman–Crippen LogP) is 1.87. The van der Waals surface area contributed by atoms with Crippen LogP contribution in [0.4, 0.5) is 0 Å². The Morgan fingerprint density at radius 3 is 3.00 bits per heavy atom. The molecule has 0 amide bonds. The molecule has 2 nitrogen and oxygen atoms in total. The van der Waals surface area contributed by atoms with Crippen LogP contribution >= 0.6 is 0 Å². The Labute approximate surface area is 78.6 Å². The second-order valence-corrected chi connectivity index (χ2v) is 3.14. The molecule has 0 saturated carbocycles. The number of rotatable bonds is 3. The van der Waals surface area contributed by atoms with Crippen LogP contribution in [0, 0.1) is 0 Å². The molecule has 0 spiro atoms. The van der Waals surface area contributed by atoms with Crippen LogP contribution in [0.15, 0.2) is 30.3 Å². The Morgan fingerprint density at radius 1 is 1.31 bits per heavy atom. The fraction of sp³-hybridized carbons (Fsp3) is 0.273. The molecular weight excluding hydrogens is 160 g/mol. The van der Waals surface area contributed by atoms with E-state index in [-0.39, 0.29) is 0 Å². The Kier molecular flexibility index (Phi) is 2.43. The monoisotopic (exact) mass is 174 g/mol. The summed E-state index contributed by atoms with van der Waals surface area (Å²) in [5.41, 5.74) is 9.05. The molecule has 0 aliphatic heterocycles. The van der Waals surface area contributed by atoms with E-state index in [1.165, 1.54) is 11.1 Å². The van der Waals surface area contributed by atoms with Gasteiger partial charge >= 0.3 is 0 Å². The summed E-state index contributed by atoms with van der Waals surface area (Å²) in [4.78, 5) is 0. The topological polar surface area (TPSA) is 24.1 Å². The summed E-state index contributed by atoms with van der Waals surface area (Å²) in [6.45, 7) is 3.02. The van der Waals surface area contributed by atoms with Crippen molar-refractivity contribution in [3.63, 3.8) is 0 Å². The average Bonchev–Trinajstić information content (AvgIpc) is 2.58. The molecule has 0 fully saturated rings. The van der Waals surface area contributed by atoms with Crippen molar-refractivity contribution in [1.29, 1.82) is 0 Å². The SMILES string of the molecule is CCNNC1C=Cc2ccccc21. The van der Waals surface area contributed by atoms with Crippen molar-refractivity contribution in [2.24, 2.45) is 0 Å². The van der Waals surface area contributed by atoms with Crippen LogP contribution in [0.1, 0.15) is 24.1 Å². The lowest BCUT2D eigenvalue weighted by molar-refractivity contribution is 0.509. The zero-order chi connectivity index (χ0) is 9.10. The van der Waals surface area contributed by atoms with Gasteiger partial charge in [0.15, 0.2) is 0 Å². The number of hydrogen-bond acceptors (Lipinski definition) is 2. The summed E-state index contributed by atoms with van der Waals surface area (Å²) in [6.07, 6.45) is 4.33. The Morgan fingerprint density at radius 2 is 2.15 bits per heavy atom. The van der Waals surface area contributed by atoms with Crippen LogP contribution < -0.4 is 10.9 Å². The lowest BCUT2D eigenvalue weighted by Gasteiger charge is -2.12. The summed E-state index contributed by atoms with van der Waals surface area (Å²) in [7, 11) is 0. The summed E-state index contributed by atoms with van der Waals surface area (Å²) < 4.78 is 0. The third-order valence-electron chi connectivity index (χ3n) is 2.23. The van der Waals surface area contributed by atoms with E-state index in [0.717, 1.165) is 6.54 Å². The van der Waals surface area contributed by atoms with Crippen molar-refractivity contribution in [1.82, 2.24) is 10.9 Å². The fourth-order valence-corrected chi connectivity index (χ4v) is 1.59. The Hall–Kier alpha value is -1.12. The molecule has 0 aromatic heterocycles. The standard InChI is InChI=1S/C11H14N2/c1-2-12-13-11-8-7-9-5-3-4-6-10(9)11/h3-8,11-13H,2H2,1H3. The molecule has 0 heterocycles. The van der Waals surface area contributed by atoms with Crippen molar-refractivity contribution in [3.8, 4) is 0 Å².